The topological polar surface area (TPSA) is 156 Å². The second kappa shape index (κ2) is 12.6. The van der Waals surface area contributed by atoms with Gasteiger partial charge in [0.2, 0.25) is 18.6 Å². The number of nitrogens with zero attached hydrogens (tertiary/aromatic N) is 3. The van der Waals surface area contributed by atoms with Crippen LogP contribution in [-0.4, -0.2) is 71.5 Å². The van der Waals surface area contributed by atoms with Crippen molar-refractivity contribution in [3.8, 4) is 11.5 Å². The molecule has 0 bridgehead atoms. The molecule has 2 aromatic rings. The van der Waals surface area contributed by atoms with E-state index in [4.69, 9.17) is 19.9 Å². The smallest absolute Gasteiger partial charge is 0.308 e. The molecule has 5 rings (SSSR count). The summed E-state index contributed by atoms with van der Waals surface area (Å²) in [5.74, 6) is 0.0533. The molecule has 1 unspecified atom stereocenters. The fourth-order valence-corrected chi connectivity index (χ4v) is 4.86. The van der Waals surface area contributed by atoms with Crippen molar-refractivity contribution in [2.75, 3.05) is 33.0 Å². The third-order valence-corrected chi connectivity index (χ3v) is 6.95. The highest BCUT2D eigenvalue weighted by atomic mass is 16.7. The average Bonchev–Trinajstić information content (AvgIpc) is 3.45. The summed E-state index contributed by atoms with van der Waals surface area (Å²) in [4.78, 5) is 42.1. The number of allylic oxidation sites excluding steroid dienone is 4. The lowest BCUT2D eigenvalue weighted by molar-refractivity contribution is -0.145. The lowest BCUT2D eigenvalue weighted by Crippen LogP contribution is -2.53. The summed E-state index contributed by atoms with van der Waals surface area (Å²) >= 11 is 0. The minimum Gasteiger partial charge on any atom is -0.461 e. The number of carbonyl (C=O) groups is 3. The maximum atomic E-state index is 13.1. The Labute approximate surface area is 236 Å². The molecule has 1 atom stereocenters. The number of amides is 2. The number of nitrogens with two attached hydrogens (primary N) is 1. The summed E-state index contributed by atoms with van der Waals surface area (Å²) in [6.07, 6.45) is 3.48. The monoisotopic (exact) mass is 561 g/mol. The van der Waals surface area contributed by atoms with Gasteiger partial charge in [0.15, 0.2) is 11.5 Å². The maximum Gasteiger partial charge on any atom is 0.308 e. The molecule has 12 heteroatoms. The molecule has 2 heterocycles. The van der Waals surface area contributed by atoms with E-state index >= 15 is 0 Å². The minimum absolute atomic E-state index is 0.00350. The number of hydrogen-bond donors (Lipinski definition) is 3. The van der Waals surface area contributed by atoms with E-state index in [1.165, 1.54) is 4.90 Å². The van der Waals surface area contributed by atoms with Crippen molar-refractivity contribution >= 4 is 23.5 Å². The molecule has 2 aromatic carbocycles. The molecule has 1 saturated heterocycles. The Kier molecular flexibility index (Phi) is 8.49. The van der Waals surface area contributed by atoms with Gasteiger partial charge in [0, 0.05) is 25.2 Å². The van der Waals surface area contributed by atoms with Gasteiger partial charge in [0.25, 0.3) is 0 Å². The number of nitrogens with one attached hydrogen (secondary N) is 1. The Morgan fingerprint density at radius 1 is 1.10 bits per heavy atom. The molecule has 12 nitrogen and oxygen atoms in total. The van der Waals surface area contributed by atoms with Crippen molar-refractivity contribution in [3.05, 3.63) is 83.2 Å². The first-order chi connectivity index (χ1) is 19.9. The number of rotatable bonds is 9. The number of piperazine rings is 1. The van der Waals surface area contributed by atoms with Crippen LogP contribution in [-0.2, 0) is 25.7 Å². The fraction of sp³-hybridized carbons (Fsp3) is 0.310. The Morgan fingerprint density at radius 3 is 2.68 bits per heavy atom. The van der Waals surface area contributed by atoms with Crippen LogP contribution in [0.4, 0.5) is 0 Å². The minimum atomic E-state index is -0.690. The maximum absolute atomic E-state index is 13.1. The normalized spacial score (nSPS) is 18.5. The Bertz CT molecular complexity index is 1410. The highest BCUT2D eigenvalue weighted by Crippen LogP contribution is 2.35. The van der Waals surface area contributed by atoms with Crippen molar-refractivity contribution in [3.63, 3.8) is 0 Å². The van der Waals surface area contributed by atoms with Crippen LogP contribution in [0.5, 0.6) is 11.5 Å². The van der Waals surface area contributed by atoms with Gasteiger partial charge in [-0.05, 0) is 35.4 Å². The summed E-state index contributed by atoms with van der Waals surface area (Å²) in [6, 6.07) is 13.9. The zero-order valence-electron chi connectivity index (χ0n) is 22.3. The second-order valence-electron chi connectivity index (χ2n) is 9.86. The summed E-state index contributed by atoms with van der Waals surface area (Å²) < 4.78 is 16.3. The Hall–Kier alpha value is -4.84. The summed E-state index contributed by atoms with van der Waals surface area (Å²) in [5, 5.41) is 15.6. The largest absolute Gasteiger partial charge is 0.461 e. The SMILES string of the molecule is NC1=CC=C(N2CCN(CC(=O)NC(CC(=O)OCc3ccccc3)c3ccc4c(c3)OCO4)CC2=O)C(=NO)C1. The molecule has 3 aliphatic rings. The van der Waals surface area contributed by atoms with Crippen molar-refractivity contribution in [2.45, 2.75) is 25.5 Å². The van der Waals surface area contributed by atoms with Crippen molar-refractivity contribution in [1.29, 1.82) is 0 Å². The zero-order chi connectivity index (χ0) is 28.8. The fourth-order valence-electron chi connectivity index (χ4n) is 4.86. The molecule has 2 amide bonds. The first-order valence-electron chi connectivity index (χ1n) is 13.2. The van der Waals surface area contributed by atoms with Gasteiger partial charge < -0.3 is 35.4 Å². The van der Waals surface area contributed by atoms with Gasteiger partial charge in [-0.3, -0.25) is 19.3 Å². The van der Waals surface area contributed by atoms with Gasteiger partial charge >= 0.3 is 5.97 Å². The third-order valence-electron chi connectivity index (χ3n) is 6.95. The number of carbonyl (C=O) groups excluding carboxylic acids is 3. The molecule has 214 valence electrons. The number of hydrogen-bond acceptors (Lipinski definition) is 10. The zero-order valence-corrected chi connectivity index (χ0v) is 22.3. The van der Waals surface area contributed by atoms with Crippen LogP contribution in [0.2, 0.25) is 0 Å². The van der Waals surface area contributed by atoms with E-state index in [1.807, 2.05) is 30.3 Å². The highest BCUT2D eigenvalue weighted by Gasteiger charge is 2.31. The molecule has 2 aliphatic heterocycles. The lowest BCUT2D eigenvalue weighted by atomic mass is 10.0. The van der Waals surface area contributed by atoms with Gasteiger partial charge in [-0.2, -0.15) is 0 Å². The van der Waals surface area contributed by atoms with Crippen molar-refractivity contribution in [1.82, 2.24) is 15.1 Å². The van der Waals surface area contributed by atoms with Gasteiger partial charge in [0.1, 0.15) is 12.3 Å². The van der Waals surface area contributed by atoms with Crippen LogP contribution in [0, 0.1) is 0 Å². The average molecular weight is 562 g/mol. The van der Waals surface area contributed by atoms with Crippen LogP contribution in [0.1, 0.15) is 30.0 Å². The van der Waals surface area contributed by atoms with Gasteiger partial charge in [-0.15, -0.1) is 0 Å². The number of fused-ring (bicyclic) bond motifs is 1. The molecule has 0 saturated carbocycles. The first-order valence-corrected chi connectivity index (χ1v) is 13.2. The molecule has 1 aliphatic carbocycles. The molecule has 0 radical (unpaired) electrons. The van der Waals surface area contributed by atoms with Crippen LogP contribution < -0.4 is 20.5 Å². The molecule has 4 N–H and O–H groups in total. The summed E-state index contributed by atoms with van der Waals surface area (Å²) in [6.45, 7) is 0.893. The first kappa shape index (κ1) is 27.7. The predicted molar refractivity (Wildman–Crippen MR) is 147 cm³/mol. The van der Waals surface area contributed by atoms with E-state index in [2.05, 4.69) is 10.5 Å². The lowest BCUT2D eigenvalue weighted by Gasteiger charge is -2.36. The van der Waals surface area contributed by atoms with E-state index in [-0.39, 0.29) is 51.1 Å². The molecule has 41 heavy (non-hydrogen) atoms. The van der Waals surface area contributed by atoms with Gasteiger partial charge in [-0.25, -0.2) is 0 Å². The Morgan fingerprint density at radius 2 is 1.90 bits per heavy atom. The van der Waals surface area contributed by atoms with E-state index in [0.717, 1.165) is 5.56 Å². The number of esters is 1. The predicted octanol–water partition coefficient (Wildman–Crippen LogP) is 1.81. The quantitative estimate of drug-likeness (QED) is 0.236. The van der Waals surface area contributed by atoms with Crippen molar-refractivity contribution in [2.24, 2.45) is 10.9 Å². The van der Waals surface area contributed by atoms with E-state index in [0.29, 0.717) is 47.3 Å². The molecule has 0 aromatic heterocycles. The van der Waals surface area contributed by atoms with Gasteiger partial charge in [0.05, 0.1) is 31.2 Å². The number of ether oxygens (including phenoxy) is 3. The molecule has 1 fully saturated rings. The molecular weight excluding hydrogens is 530 g/mol. The molecule has 0 spiro atoms. The van der Waals surface area contributed by atoms with Crippen LogP contribution in [0.25, 0.3) is 0 Å². The Balaban J connectivity index is 1.21. The number of oxime groups is 1. The summed E-state index contributed by atoms with van der Waals surface area (Å²) in [5.41, 5.74) is 8.67. The highest BCUT2D eigenvalue weighted by molar-refractivity contribution is 6.05. The van der Waals surface area contributed by atoms with Crippen LogP contribution >= 0.6 is 0 Å². The van der Waals surface area contributed by atoms with Crippen LogP contribution in [0.3, 0.4) is 0 Å². The van der Waals surface area contributed by atoms with Crippen LogP contribution in [0.15, 0.2) is 77.2 Å². The van der Waals surface area contributed by atoms with E-state index < -0.39 is 12.0 Å². The standard InChI is InChI=1S/C29H31N5O7/c30-21-7-8-24(23(13-21)32-38)34-11-10-33(16-28(34)36)15-27(35)31-22(20-6-9-25-26(12-20)41-18-40-25)14-29(37)39-17-19-4-2-1-3-5-19/h1-9,12,22,38H,10-11,13-18,30H2,(H,31,35). The van der Waals surface area contributed by atoms with E-state index in [9.17, 15) is 19.6 Å². The third kappa shape index (κ3) is 6.84. The second-order valence-corrected chi connectivity index (χ2v) is 9.86. The molecular formula is C29H31N5O7. The number of benzene rings is 2. The summed E-state index contributed by atoms with van der Waals surface area (Å²) in [7, 11) is 0. The van der Waals surface area contributed by atoms with E-state index in [1.54, 1.807) is 35.3 Å². The van der Waals surface area contributed by atoms with Gasteiger partial charge in [-0.1, -0.05) is 41.6 Å². The van der Waals surface area contributed by atoms with Crippen molar-refractivity contribution < 1.29 is 33.8 Å².